The number of ether oxygens (including phenoxy) is 1. The molecule has 0 aromatic heterocycles. The van der Waals surface area contributed by atoms with E-state index in [4.69, 9.17) is 16.3 Å². The molecule has 0 heterocycles. The molecule has 1 atom stereocenters. The van der Waals surface area contributed by atoms with Gasteiger partial charge in [0.15, 0.2) is 0 Å². The SMILES string of the molecule is COc1ccc(CNC(=O)C(Cc2ccccc2)N(Cc2ccccc2)C(=O)Cc2ccc(Cl)cc2)cc1. The summed E-state index contributed by atoms with van der Waals surface area (Å²) < 4.78 is 5.23. The molecule has 1 unspecified atom stereocenters. The minimum atomic E-state index is -0.698. The predicted octanol–water partition coefficient (Wildman–Crippen LogP) is 5.85. The van der Waals surface area contributed by atoms with E-state index in [0.717, 1.165) is 28.0 Å². The summed E-state index contributed by atoms with van der Waals surface area (Å²) in [4.78, 5) is 29.2. The van der Waals surface area contributed by atoms with E-state index in [1.165, 1.54) is 0 Å². The average Bonchev–Trinajstić information content (AvgIpc) is 2.96. The number of benzene rings is 4. The second kappa shape index (κ2) is 13.5. The Balaban J connectivity index is 1.61. The number of halogens is 1. The van der Waals surface area contributed by atoms with Gasteiger partial charge in [0.05, 0.1) is 13.5 Å². The van der Waals surface area contributed by atoms with Gasteiger partial charge in [0, 0.05) is 24.5 Å². The first-order valence-electron chi connectivity index (χ1n) is 12.5. The maximum atomic E-state index is 13.8. The Hall–Kier alpha value is -4.09. The molecular weight excluding hydrogens is 496 g/mol. The molecule has 4 rings (SSSR count). The number of hydrogen-bond donors (Lipinski definition) is 1. The molecule has 38 heavy (non-hydrogen) atoms. The van der Waals surface area contributed by atoms with Crippen molar-refractivity contribution in [2.24, 2.45) is 0 Å². The first kappa shape index (κ1) is 27.0. The molecule has 0 aliphatic carbocycles. The summed E-state index contributed by atoms with van der Waals surface area (Å²) in [6, 6.07) is 33.6. The second-order valence-corrected chi connectivity index (χ2v) is 9.52. The van der Waals surface area contributed by atoms with Crippen LogP contribution in [0.5, 0.6) is 5.75 Å². The van der Waals surface area contributed by atoms with E-state index in [2.05, 4.69) is 5.32 Å². The molecule has 0 fully saturated rings. The molecule has 0 saturated carbocycles. The molecule has 0 aliphatic heterocycles. The molecule has 0 saturated heterocycles. The zero-order chi connectivity index (χ0) is 26.7. The van der Waals surface area contributed by atoms with E-state index >= 15 is 0 Å². The van der Waals surface area contributed by atoms with Crippen molar-refractivity contribution in [3.05, 3.63) is 136 Å². The van der Waals surface area contributed by atoms with Crippen LogP contribution in [0.1, 0.15) is 22.3 Å². The molecule has 6 heteroatoms. The standard InChI is InChI=1S/C32H31ClN2O3/c1-38-29-18-14-26(15-19-29)22-34-32(37)30(20-24-8-4-2-5-9-24)35(23-27-10-6-3-7-11-27)31(36)21-25-12-16-28(33)17-13-25/h2-19,30H,20-23H2,1H3,(H,34,37). The van der Waals surface area contributed by atoms with Crippen molar-refractivity contribution in [2.75, 3.05) is 7.11 Å². The van der Waals surface area contributed by atoms with Gasteiger partial charge in [0.25, 0.3) is 0 Å². The van der Waals surface area contributed by atoms with E-state index in [1.807, 2.05) is 97.1 Å². The molecule has 0 aliphatic rings. The number of nitrogens with zero attached hydrogens (tertiary/aromatic N) is 1. The van der Waals surface area contributed by atoms with Crippen LogP contribution in [0.25, 0.3) is 0 Å². The van der Waals surface area contributed by atoms with E-state index in [1.54, 1.807) is 24.1 Å². The summed E-state index contributed by atoms with van der Waals surface area (Å²) in [5, 5.41) is 3.67. The van der Waals surface area contributed by atoms with Crippen LogP contribution in [-0.2, 0) is 35.5 Å². The Labute approximate surface area is 229 Å². The number of carbonyl (C=O) groups excluding carboxylic acids is 2. The molecule has 2 amide bonds. The van der Waals surface area contributed by atoms with Crippen molar-refractivity contribution in [3.63, 3.8) is 0 Å². The van der Waals surface area contributed by atoms with Gasteiger partial charge >= 0.3 is 0 Å². The average molecular weight is 527 g/mol. The maximum absolute atomic E-state index is 13.8. The van der Waals surface area contributed by atoms with Crippen molar-refractivity contribution in [1.82, 2.24) is 10.2 Å². The number of carbonyl (C=O) groups is 2. The van der Waals surface area contributed by atoms with Gasteiger partial charge in [-0.1, -0.05) is 96.5 Å². The lowest BCUT2D eigenvalue weighted by molar-refractivity contribution is -0.140. The summed E-state index contributed by atoms with van der Waals surface area (Å²) in [6.07, 6.45) is 0.565. The third kappa shape index (κ3) is 7.70. The fourth-order valence-corrected chi connectivity index (χ4v) is 4.39. The Kier molecular flexibility index (Phi) is 9.54. The lowest BCUT2D eigenvalue weighted by atomic mass is 10.0. The predicted molar refractivity (Wildman–Crippen MR) is 151 cm³/mol. The Morgan fingerprint density at radius 3 is 1.95 bits per heavy atom. The highest BCUT2D eigenvalue weighted by atomic mass is 35.5. The minimum Gasteiger partial charge on any atom is -0.497 e. The van der Waals surface area contributed by atoms with Gasteiger partial charge in [-0.15, -0.1) is 0 Å². The van der Waals surface area contributed by atoms with Crippen LogP contribution < -0.4 is 10.1 Å². The molecule has 4 aromatic rings. The van der Waals surface area contributed by atoms with Crippen LogP contribution in [0.2, 0.25) is 5.02 Å². The quantitative estimate of drug-likeness (QED) is 0.267. The second-order valence-electron chi connectivity index (χ2n) is 9.08. The number of amides is 2. The molecule has 5 nitrogen and oxygen atoms in total. The lowest BCUT2D eigenvalue weighted by Gasteiger charge is -2.31. The van der Waals surface area contributed by atoms with Crippen molar-refractivity contribution < 1.29 is 14.3 Å². The van der Waals surface area contributed by atoms with Crippen LogP contribution in [-0.4, -0.2) is 29.9 Å². The van der Waals surface area contributed by atoms with Crippen molar-refractivity contribution in [2.45, 2.75) is 32.0 Å². The fraction of sp³-hybridized carbons (Fsp3) is 0.188. The molecule has 0 radical (unpaired) electrons. The van der Waals surface area contributed by atoms with Gasteiger partial charge in [-0.05, 0) is 46.5 Å². The Bertz CT molecular complexity index is 1310. The van der Waals surface area contributed by atoms with Gasteiger partial charge in [0.1, 0.15) is 11.8 Å². The fourth-order valence-electron chi connectivity index (χ4n) is 4.26. The maximum Gasteiger partial charge on any atom is 0.243 e. The monoisotopic (exact) mass is 526 g/mol. The molecule has 0 spiro atoms. The van der Waals surface area contributed by atoms with Crippen molar-refractivity contribution >= 4 is 23.4 Å². The van der Waals surface area contributed by atoms with Crippen LogP contribution in [0, 0.1) is 0 Å². The Morgan fingerprint density at radius 1 is 0.763 bits per heavy atom. The highest BCUT2D eigenvalue weighted by Crippen LogP contribution is 2.18. The van der Waals surface area contributed by atoms with Crippen LogP contribution in [0.3, 0.4) is 0 Å². The number of nitrogens with one attached hydrogen (secondary N) is 1. The molecular formula is C32H31ClN2O3. The van der Waals surface area contributed by atoms with Crippen LogP contribution >= 0.6 is 11.6 Å². The summed E-state index contributed by atoms with van der Waals surface area (Å²) >= 11 is 6.05. The zero-order valence-corrected chi connectivity index (χ0v) is 22.1. The number of methoxy groups -OCH3 is 1. The van der Waals surface area contributed by atoms with E-state index in [-0.39, 0.29) is 18.2 Å². The topological polar surface area (TPSA) is 58.6 Å². The van der Waals surface area contributed by atoms with Gasteiger partial charge in [0.2, 0.25) is 11.8 Å². The normalized spacial score (nSPS) is 11.4. The molecule has 194 valence electrons. The van der Waals surface area contributed by atoms with Crippen molar-refractivity contribution in [1.29, 1.82) is 0 Å². The van der Waals surface area contributed by atoms with Gasteiger partial charge < -0.3 is 15.0 Å². The minimum absolute atomic E-state index is 0.128. The summed E-state index contributed by atoms with van der Waals surface area (Å²) in [6.45, 7) is 0.666. The number of hydrogen-bond acceptors (Lipinski definition) is 3. The van der Waals surface area contributed by atoms with Gasteiger partial charge in [-0.2, -0.15) is 0 Å². The van der Waals surface area contributed by atoms with Crippen LogP contribution in [0.15, 0.2) is 109 Å². The van der Waals surface area contributed by atoms with E-state index < -0.39 is 6.04 Å². The summed E-state index contributed by atoms with van der Waals surface area (Å²) in [5.74, 6) is 0.422. The highest BCUT2D eigenvalue weighted by Gasteiger charge is 2.30. The van der Waals surface area contributed by atoms with Crippen molar-refractivity contribution in [3.8, 4) is 5.75 Å². The van der Waals surface area contributed by atoms with E-state index in [0.29, 0.717) is 24.5 Å². The summed E-state index contributed by atoms with van der Waals surface area (Å²) in [7, 11) is 1.62. The molecule has 1 N–H and O–H groups in total. The lowest BCUT2D eigenvalue weighted by Crippen LogP contribution is -2.50. The third-order valence-electron chi connectivity index (χ3n) is 6.36. The largest absolute Gasteiger partial charge is 0.497 e. The third-order valence-corrected chi connectivity index (χ3v) is 6.61. The summed E-state index contributed by atoms with van der Waals surface area (Å²) in [5.41, 5.74) is 3.72. The van der Waals surface area contributed by atoms with Gasteiger partial charge in [-0.3, -0.25) is 9.59 Å². The zero-order valence-electron chi connectivity index (χ0n) is 21.3. The molecule has 4 aromatic carbocycles. The Morgan fingerprint density at radius 2 is 1.34 bits per heavy atom. The van der Waals surface area contributed by atoms with Crippen LogP contribution in [0.4, 0.5) is 0 Å². The first-order chi connectivity index (χ1) is 18.5. The van der Waals surface area contributed by atoms with Gasteiger partial charge in [-0.25, -0.2) is 0 Å². The first-order valence-corrected chi connectivity index (χ1v) is 12.9. The number of rotatable bonds is 11. The van der Waals surface area contributed by atoms with E-state index in [9.17, 15) is 9.59 Å². The molecule has 0 bridgehead atoms. The highest BCUT2D eigenvalue weighted by molar-refractivity contribution is 6.30. The smallest absolute Gasteiger partial charge is 0.243 e.